The van der Waals surface area contributed by atoms with E-state index in [0.29, 0.717) is 5.91 Å². The number of methoxy groups -OCH3 is 1. The molecule has 0 bridgehead atoms. The van der Waals surface area contributed by atoms with E-state index in [4.69, 9.17) is 4.74 Å². The first-order valence-electron chi connectivity index (χ1n) is 11.4. The fraction of sp³-hybridized carbons (Fsp3) is 0.583. The summed E-state index contributed by atoms with van der Waals surface area (Å²) in [7, 11) is 1.70. The summed E-state index contributed by atoms with van der Waals surface area (Å²) in [6.07, 6.45) is 2.98. The van der Waals surface area contributed by atoms with E-state index in [1.54, 1.807) is 18.4 Å². The first kappa shape index (κ1) is 22.2. The molecule has 0 aliphatic carbocycles. The maximum atomic E-state index is 13.0. The first-order chi connectivity index (χ1) is 15.1. The van der Waals surface area contributed by atoms with E-state index < -0.39 is 0 Å². The van der Waals surface area contributed by atoms with Crippen molar-refractivity contribution in [1.82, 2.24) is 19.7 Å². The van der Waals surface area contributed by atoms with Gasteiger partial charge in [0, 0.05) is 50.6 Å². The Morgan fingerprint density at radius 1 is 1.06 bits per heavy atom. The fourth-order valence-electron chi connectivity index (χ4n) is 4.58. The van der Waals surface area contributed by atoms with Crippen LogP contribution >= 0.6 is 11.3 Å². The molecule has 0 spiro atoms. The summed E-state index contributed by atoms with van der Waals surface area (Å²) in [5.74, 6) is 1.47. The van der Waals surface area contributed by atoms with Crippen LogP contribution in [0.5, 0.6) is 5.75 Å². The van der Waals surface area contributed by atoms with Crippen molar-refractivity contribution in [3.8, 4) is 5.75 Å². The minimum absolute atomic E-state index is 0.194. The molecule has 0 radical (unpaired) electrons. The van der Waals surface area contributed by atoms with Crippen molar-refractivity contribution in [2.24, 2.45) is 5.92 Å². The van der Waals surface area contributed by atoms with E-state index in [2.05, 4.69) is 44.1 Å². The summed E-state index contributed by atoms with van der Waals surface area (Å²) in [6, 6.07) is 8.32. The molecule has 0 N–H and O–H groups in total. The summed E-state index contributed by atoms with van der Waals surface area (Å²) in [6.45, 7) is 9.68. The van der Waals surface area contributed by atoms with Crippen LogP contribution in [0.3, 0.4) is 0 Å². The summed E-state index contributed by atoms with van der Waals surface area (Å²) >= 11 is 1.71. The van der Waals surface area contributed by atoms with Crippen molar-refractivity contribution in [2.45, 2.75) is 32.7 Å². The van der Waals surface area contributed by atoms with E-state index in [1.165, 1.54) is 5.56 Å². The highest BCUT2D eigenvalue weighted by Crippen LogP contribution is 2.22. The molecular weight excluding hydrogens is 408 g/mol. The van der Waals surface area contributed by atoms with Gasteiger partial charge in [-0.2, -0.15) is 0 Å². The molecule has 31 heavy (non-hydrogen) atoms. The molecule has 7 heteroatoms. The van der Waals surface area contributed by atoms with E-state index in [1.807, 2.05) is 12.1 Å². The molecule has 0 saturated carbocycles. The van der Waals surface area contributed by atoms with Gasteiger partial charge in [-0.25, -0.2) is 4.98 Å². The summed E-state index contributed by atoms with van der Waals surface area (Å²) in [4.78, 5) is 24.6. The molecule has 2 aliphatic heterocycles. The van der Waals surface area contributed by atoms with Gasteiger partial charge in [-0.3, -0.25) is 14.6 Å². The van der Waals surface area contributed by atoms with Gasteiger partial charge in [0.25, 0.3) is 0 Å². The zero-order chi connectivity index (χ0) is 21.6. The number of thiazole rings is 1. The molecule has 2 fully saturated rings. The molecule has 168 valence electrons. The fourth-order valence-corrected chi connectivity index (χ4v) is 5.18. The van der Waals surface area contributed by atoms with Crippen LogP contribution in [-0.4, -0.2) is 78.5 Å². The number of benzene rings is 1. The summed E-state index contributed by atoms with van der Waals surface area (Å²) in [5, 5.41) is 3.28. The molecule has 2 aliphatic rings. The Balaban J connectivity index is 1.16. The van der Waals surface area contributed by atoms with Crippen LogP contribution in [0, 0.1) is 12.8 Å². The largest absolute Gasteiger partial charge is 0.497 e. The second-order valence-electron chi connectivity index (χ2n) is 8.67. The molecule has 2 aromatic rings. The molecule has 3 heterocycles. The molecule has 1 aromatic carbocycles. The molecule has 2 saturated heterocycles. The second kappa shape index (κ2) is 10.6. The number of piperazine rings is 1. The molecule has 1 aromatic heterocycles. The molecule has 1 amide bonds. The SMILES string of the molecule is COc1ccc(CCN2CCN(C(=O)C3CCN(Cc4csc(C)n4)CC3)CC2)cc1. The third kappa shape index (κ3) is 6.05. The van der Waals surface area contributed by atoms with Gasteiger partial charge in [-0.05, 0) is 57.0 Å². The van der Waals surface area contributed by atoms with Crippen molar-refractivity contribution >= 4 is 17.2 Å². The highest BCUT2D eigenvalue weighted by Gasteiger charge is 2.30. The lowest BCUT2D eigenvalue weighted by atomic mass is 9.95. The lowest BCUT2D eigenvalue weighted by Gasteiger charge is -2.38. The molecule has 6 nitrogen and oxygen atoms in total. The van der Waals surface area contributed by atoms with Gasteiger partial charge in [-0.15, -0.1) is 11.3 Å². The number of hydrogen-bond donors (Lipinski definition) is 0. The van der Waals surface area contributed by atoms with Crippen LogP contribution in [0.15, 0.2) is 29.6 Å². The number of rotatable bonds is 7. The Morgan fingerprint density at radius 3 is 2.39 bits per heavy atom. The van der Waals surface area contributed by atoms with E-state index in [0.717, 1.165) is 88.1 Å². The van der Waals surface area contributed by atoms with Gasteiger partial charge in [-0.1, -0.05) is 12.1 Å². The normalized spacial score (nSPS) is 19.0. The van der Waals surface area contributed by atoms with Gasteiger partial charge in [0.2, 0.25) is 5.91 Å². The summed E-state index contributed by atoms with van der Waals surface area (Å²) < 4.78 is 5.23. The topological polar surface area (TPSA) is 48.9 Å². The quantitative estimate of drug-likeness (QED) is 0.660. The second-order valence-corrected chi connectivity index (χ2v) is 9.74. The van der Waals surface area contributed by atoms with Crippen molar-refractivity contribution in [3.63, 3.8) is 0 Å². The molecule has 0 atom stereocenters. The summed E-state index contributed by atoms with van der Waals surface area (Å²) in [5.41, 5.74) is 2.50. The Hall–Kier alpha value is -1.96. The number of nitrogens with zero attached hydrogens (tertiary/aromatic N) is 4. The highest BCUT2D eigenvalue weighted by molar-refractivity contribution is 7.09. The number of carbonyl (C=O) groups is 1. The van der Waals surface area contributed by atoms with Crippen molar-refractivity contribution < 1.29 is 9.53 Å². The van der Waals surface area contributed by atoms with Gasteiger partial charge in [0.05, 0.1) is 17.8 Å². The number of aryl methyl sites for hydroxylation is 1. The van der Waals surface area contributed by atoms with Crippen LogP contribution < -0.4 is 4.74 Å². The monoisotopic (exact) mass is 442 g/mol. The molecular formula is C24H34N4O2S. The zero-order valence-corrected chi connectivity index (χ0v) is 19.6. The van der Waals surface area contributed by atoms with Crippen LogP contribution in [0.25, 0.3) is 0 Å². The molecule has 4 rings (SSSR count). The zero-order valence-electron chi connectivity index (χ0n) is 18.8. The van der Waals surface area contributed by atoms with Crippen LogP contribution in [0.1, 0.15) is 29.1 Å². The average Bonchev–Trinajstić information content (AvgIpc) is 3.23. The van der Waals surface area contributed by atoms with E-state index in [-0.39, 0.29) is 5.92 Å². The lowest BCUT2D eigenvalue weighted by molar-refractivity contribution is -0.138. The third-order valence-corrected chi connectivity index (χ3v) is 7.37. The standard InChI is InChI=1S/C24H34N4O2S/c1-19-25-22(18-31-19)17-27-11-8-21(9-12-27)24(29)28-15-13-26(14-16-28)10-7-20-3-5-23(30-2)6-4-20/h3-6,18,21H,7-17H2,1-2H3. The van der Waals surface area contributed by atoms with Crippen LogP contribution in [0.2, 0.25) is 0 Å². The number of likely N-dealkylation sites (tertiary alicyclic amines) is 1. The van der Waals surface area contributed by atoms with Crippen LogP contribution in [-0.2, 0) is 17.8 Å². The maximum Gasteiger partial charge on any atom is 0.225 e. The Bertz CT molecular complexity index is 838. The smallest absolute Gasteiger partial charge is 0.225 e. The predicted molar refractivity (Wildman–Crippen MR) is 125 cm³/mol. The van der Waals surface area contributed by atoms with Crippen LogP contribution in [0.4, 0.5) is 0 Å². The maximum absolute atomic E-state index is 13.0. The van der Waals surface area contributed by atoms with Gasteiger partial charge < -0.3 is 9.64 Å². The minimum atomic E-state index is 0.194. The van der Waals surface area contributed by atoms with Gasteiger partial charge in [0.1, 0.15) is 5.75 Å². The van der Waals surface area contributed by atoms with Gasteiger partial charge >= 0.3 is 0 Å². The number of amides is 1. The number of hydrogen-bond acceptors (Lipinski definition) is 6. The number of piperidine rings is 1. The Morgan fingerprint density at radius 2 is 1.77 bits per heavy atom. The number of carbonyl (C=O) groups excluding carboxylic acids is 1. The van der Waals surface area contributed by atoms with Crippen molar-refractivity contribution in [1.29, 1.82) is 0 Å². The lowest BCUT2D eigenvalue weighted by Crippen LogP contribution is -2.51. The predicted octanol–water partition coefficient (Wildman–Crippen LogP) is 3.06. The number of ether oxygens (including phenoxy) is 1. The van der Waals surface area contributed by atoms with Gasteiger partial charge in [0.15, 0.2) is 0 Å². The van der Waals surface area contributed by atoms with Crippen molar-refractivity contribution in [3.05, 3.63) is 45.9 Å². The average molecular weight is 443 g/mol. The van der Waals surface area contributed by atoms with E-state index in [9.17, 15) is 4.79 Å². The highest BCUT2D eigenvalue weighted by atomic mass is 32.1. The first-order valence-corrected chi connectivity index (χ1v) is 12.3. The number of aromatic nitrogens is 1. The minimum Gasteiger partial charge on any atom is -0.497 e. The third-order valence-electron chi connectivity index (χ3n) is 6.55. The van der Waals surface area contributed by atoms with E-state index >= 15 is 0 Å². The Labute approximate surface area is 189 Å². The van der Waals surface area contributed by atoms with Crippen molar-refractivity contribution in [2.75, 3.05) is 52.9 Å². The Kier molecular flexibility index (Phi) is 7.58. The molecule has 0 unspecified atom stereocenters.